The molecule has 4 rings (SSSR count). The normalized spacial score (nSPS) is 17.8. The van der Waals surface area contributed by atoms with Crippen LogP contribution in [0.1, 0.15) is 41.6 Å². The van der Waals surface area contributed by atoms with E-state index in [9.17, 15) is 14.4 Å². The number of hydrogen-bond acceptors (Lipinski definition) is 5. The van der Waals surface area contributed by atoms with E-state index >= 15 is 0 Å². The number of aliphatic imine (C=N–C) groups is 1. The zero-order valence-electron chi connectivity index (χ0n) is 17.7. The summed E-state index contributed by atoms with van der Waals surface area (Å²) in [5.74, 6) is 0.339. The molecule has 2 aliphatic heterocycles. The second kappa shape index (κ2) is 7.08. The van der Waals surface area contributed by atoms with Crippen LogP contribution in [0.5, 0.6) is 0 Å². The van der Waals surface area contributed by atoms with Crippen LogP contribution in [-0.4, -0.2) is 58.3 Å². The van der Waals surface area contributed by atoms with Crippen LogP contribution in [0.2, 0.25) is 0 Å². The third kappa shape index (κ3) is 2.65. The molecule has 9 nitrogen and oxygen atoms in total. The maximum absolute atomic E-state index is 13.1. The molecule has 156 valence electrons. The summed E-state index contributed by atoms with van der Waals surface area (Å²) in [5, 5.41) is 0. The van der Waals surface area contributed by atoms with Gasteiger partial charge >= 0.3 is 17.9 Å². The van der Waals surface area contributed by atoms with Crippen LogP contribution in [0.25, 0.3) is 5.69 Å². The minimum atomic E-state index is -0.665. The van der Waals surface area contributed by atoms with Crippen molar-refractivity contribution < 1.29 is 23.7 Å². The first kappa shape index (κ1) is 19.8. The molecular formula is C21H24N5O4+. The molecule has 2 aromatic rings. The van der Waals surface area contributed by atoms with Gasteiger partial charge in [0, 0.05) is 13.6 Å². The predicted molar refractivity (Wildman–Crippen MR) is 108 cm³/mol. The van der Waals surface area contributed by atoms with Gasteiger partial charge in [-0.2, -0.15) is 4.57 Å². The summed E-state index contributed by atoms with van der Waals surface area (Å²) in [6.07, 6.45) is 0. The van der Waals surface area contributed by atoms with Gasteiger partial charge in [0.25, 0.3) is 5.91 Å². The number of nitrogens with zero attached hydrogens (tertiary/aromatic N) is 5. The Morgan fingerprint density at radius 3 is 2.43 bits per heavy atom. The minimum Gasteiger partial charge on any atom is -0.462 e. The van der Waals surface area contributed by atoms with Gasteiger partial charge in [-0.05, 0) is 52.0 Å². The highest BCUT2D eigenvalue weighted by Crippen LogP contribution is 2.33. The number of imide groups is 1. The summed E-state index contributed by atoms with van der Waals surface area (Å²) < 4.78 is 8.84. The van der Waals surface area contributed by atoms with Gasteiger partial charge in [0.2, 0.25) is 11.9 Å². The van der Waals surface area contributed by atoms with E-state index in [2.05, 4.69) is 4.99 Å². The number of urea groups is 1. The lowest BCUT2D eigenvalue weighted by molar-refractivity contribution is -0.682. The SMILES string of the molecule is CCOC(=O)c1ccc(-n2c(C)c(C)[n+]3c2N=C2C3C(=O)N(CC)C(=O)N2C)cc1. The van der Waals surface area contributed by atoms with E-state index in [1.54, 1.807) is 33.0 Å². The van der Waals surface area contributed by atoms with Crippen LogP contribution >= 0.6 is 0 Å². The van der Waals surface area contributed by atoms with Crippen LogP contribution in [0.3, 0.4) is 0 Å². The molecule has 1 unspecified atom stereocenters. The van der Waals surface area contributed by atoms with Crippen molar-refractivity contribution in [3.05, 3.63) is 41.2 Å². The largest absolute Gasteiger partial charge is 0.462 e. The lowest BCUT2D eigenvalue weighted by Gasteiger charge is -2.32. The molecule has 0 bridgehead atoms. The maximum atomic E-state index is 13.1. The number of imidazole rings is 1. The van der Waals surface area contributed by atoms with Gasteiger partial charge in [0.15, 0.2) is 0 Å². The first-order valence-corrected chi connectivity index (χ1v) is 9.90. The van der Waals surface area contributed by atoms with Crippen molar-refractivity contribution >= 4 is 29.7 Å². The summed E-state index contributed by atoms with van der Waals surface area (Å²) >= 11 is 0. The summed E-state index contributed by atoms with van der Waals surface area (Å²) in [6.45, 7) is 8.04. The number of carbonyl (C=O) groups excluding carboxylic acids is 3. The quantitative estimate of drug-likeness (QED) is 0.570. The highest BCUT2D eigenvalue weighted by Gasteiger charge is 2.53. The van der Waals surface area contributed by atoms with Gasteiger partial charge in [-0.15, -0.1) is 0 Å². The Morgan fingerprint density at radius 1 is 1.17 bits per heavy atom. The van der Waals surface area contributed by atoms with E-state index in [4.69, 9.17) is 4.74 Å². The average molecular weight is 410 g/mol. The number of amides is 3. The number of hydrogen-bond donors (Lipinski definition) is 0. The van der Waals surface area contributed by atoms with Crippen molar-refractivity contribution in [1.82, 2.24) is 14.4 Å². The predicted octanol–water partition coefficient (Wildman–Crippen LogP) is 2.06. The first-order valence-electron chi connectivity index (χ1n) is 9.90. The lowest BCUT2D eigenvalue weighted by Crippen LogP contribution is -2.63. The van der Waals surface area contributed by atoms with E-state index < -0.39 is 6.04 Å². The fourth-order valence-corrected chi connectivity index (χ4v) is 4.00. The molecule has 3 heterocycles. The molecule has 2 aliphatic rings. The molecule has 1 aromatic heterocycles. The second-order valence-electron chi connectivity index (χ2n) is 7.24. The number of amidine groups is 1. The summed E-state index contributed by atoms with van der Waals surface area (Å²) in [6, 6.07) is 6.00. The van der Waals surface area contributed by atoms with Crippen molar-refractivity contribution in [2.75, 3.05) is 20.2 Å². The average Bonchev–Trinajstić information content (AvgIpc) is 3.23. The number of fused-ring (bicyclic) bond motifs is 3. The molecule has 1 aromatic carbocycles. The van der Waals surface area contributed by atoms with Gasteiger partial charge < -0.3 is 4.74 Å². The van der Waals surface area contributed by atoms with E-state index in [1.165, 1.54) is 9.80 Å². The Labute approximate surface area is 174 Å². The van der Waals surface area contributed by atoms with Crippen molar-refractivity contribution in [3.63, 3.8) is 0 Å². The molecule has 0 aliphatic carbocycles. The van der Waals surface area contributed by atoms with E-state index in [1.807, 2.05) is 35.1 Å². The van der Waals surface area contributed by atoms with Gasteiger partial charge in [-0.3, -0.25) is 14.6 Å². The highest BCUT2D eigenvalue weighted by molar-refractivity contribution is 6.19. The molecular weight excluding hydrogens is 386 g/mol. The number of rotatable bonds is 4. The lowest BCUT2D eigenvalue weighted by atomic mass is 10.1. The number of ether oxygens (including phenoxy) is 1. The Hall–Kier alpha value is -3.49. The van der Waals surface area contributed by atoms with Gasteiger partial charge in [0.1, 0.15) is 17.1 Å². The number of aromatic nitrogens is 2. The highest BCUT2D eigenvalue weighted by atomic mass is 16.5. The second-order valence-corrected chi connectivity index (χ2v) is 7.24. The molecule has 30 heavy (non-hydrogen) atoms. The van der Waals surface area contributed by atoms with Crippen molar-refractivity contribution in [2.24, 2.45) is 4.99 Å². The maximum Gasteiger partial charge on any atom is 0.407 e. The molecule has 1 saturated heterocycles. The van der Waals surface area contributed by atoms with E-state index in [-0.39, 0.29) is 17.9 Å². The standard InChI is InChI=1S/C21H24N5O4/c1-6-24-18(27)16-17(23(5)21(24)29)22-20-25(12(3)13(4)26(16)20)15-10-8-14(9-11-15)19(28)30-7-2/h8-11,16H,6-7H2,1-5H3/q+1. The number of likely N-dealkylation sites (N-methyl/N-ethyl adjacent to an activating group) is 2. The topological polar surface area (TPSA) is 88.1 Å². The Morgan fingerprint density at radius 2 is 1.83 bits per heavy atom. The van der Waals surface area contributed by atoms with Crippen molar-refractivity contribution in [3.8, 4) is 5.69 Å². The molecule has 9 heteroatoms. The molecule has 0 spiro atoms. The smallest absolute Gasteiger partial charge is 0.407 e. The summed E-state index contributed by atoms with van der Waals surface area (Å²) in [7, 11) is 1.64. The number of esters is 1. The zero-order chi connectivity index (χ0) is 21.7. The van der Waals surface area contributed by atoms with Crippen LogP contribution in [0.15, 0.2) is 29.3 Å². The fraction of sp³-hybridized carbons (Fsp3) is 0.381. The first-order chi connectivity index (χ1) is 14.3. The molecule has 3 amide bonds. The molecule has 1 fully saturated rings. The van der Waals surface area contributed by atoms with Gasteiger partial charge in [0.05, 0.1) is 12.2 Å². The van der Waals surface area contributed by atoms with Crippen LogP contribution < -0.4 is 4.57 Å². The Bertz CT molecular complexity index is 1100. The number of benzene rings is 1. The number of carbonyl (C=O) groups is 3. The molecule has 0 radical (unpaired) electrons. The van der Waals surface area contributed by atoms with Crippen molar-refractivity contribution in [1.29, 1.82) is 0 Å². The monoisotopic (exact) mass is 410 g/mol. The van der Waals surface area contributed by atoms with E-state index in [0.717, 1.165) is 17.1 Å². The minimum absolute atomic E-state index is 0.277. The fourth-order valence-electron chi connectivity index (χ4n) is 4.00. The van der Waals surface area contributed by atoms with Crippen molar-refractivity contribution in [2.45, 2.75) is 33.7 Å². The third-order valence-corrected chi connectivity index (χ3v) is 5.67. The summed E-state index contributed by atoms with van der Waals surface area (Å²) in [5.41, 5.74) is 3.07. The molecule has 0 saturated carbocycles. The third-order valence-electron chi connectivity index (χ3n) is 5.67. The Balaban J connectivity index is 1.82. The van der Waals surface area contributed by atoms with E-state index in [0.29, 0.717) is 30.5 Å². The van der Waals surface area contributed by atoms with Gasteiger partial charge in [-0.25, -0.2) is 14.2 Å². The molecule has 0 N–H and O–H groups in total. The van der Waals surface area contributed by atoms with Crippen LogP contribution in [0.4, 0.5) is 10.7 Å². The Kier molecular flexibility index (Phi) is 4.68. The van der Waals surface area contributed by atoms with Crippen LogP contribution in [-0.2, 0) is 9.53 Å². The van der Waals surface area contributed by atoms with Gasteiger partial charge in [-0.1, -0.05) is 4.99 Å². The van der Waals surface area contributed by atoms with Crippen LogP contribution in [0, 0.1) is 13.8 Å². The zero-order valence-corrected chi connectivity index (χ0v) is 17.7. The summed E-state index contributed by atoms with van der Waals surface area (Å²) in [4.78, 5) is 44.9. The molecule has 1 atom stereocenters.